The van der Waals surface area contributed by atoms with E-state index in [1.165, 1.54) is 5.56 Å². The molecule has 2 fully saturated rings. The zero-order valence-electron chi connectivity index (χ0n) is 57.9. The van der Waals surface area contributed by atoms with Crippen molar-refractivity contribution < 1.29 is 38.6 Å². The van der Waals surface area contributed by atoms with Gasteiger partial charge in [-0.15, -0.1) is 31.2 Å². The van der Waals surface area contributed by atoms with Gasteiger partial charge in [0.15, 0.2) is 0 Å². The third kappa shape index (κ3) is 20.9. The lowest BCUT2D eigenvalue weighted by Crippen LogP contribution is -2.27. The monoisotopic (exact) mass is 1420 g/mol. The number of hydrogen-bond donors (Lipinski definition) is 10. The Labute approximate surface area is 606 Å². The van der Waals surface area contributed by atoms with E-state index in [4.69, 9.17) is 22.0 Å². The van der Waals surface area contributed by atoms with Gasteiger partial charge < -0.3 is 35.8 Å². The van der Waals surface area contributed by atoms with Crippen LogP contribution in [0.1, 0.15) is 129 Å². The number of terminal acetylenes is 1. The van der Waals surface area contributed by atoms with Crippen molar-refractivity contribution in [2.45, 2.75) is 58.5 Å². The van der Waals surface area contributed by atoms with Crippen LogP contribution in [0.4, 0.5) is 21.9 Å². The Bertz CT molecular complexity index is 4750. The average molecular weight is 1420 g/mol. The van der Waals surface area contributed by atoms with E-state index < -0.39 is 17.7 Å². The van der Waals surface area contributed by atoms with Crippen LogP contribution in [-0.4, -0.2) is 182 Å². The first-order valence-corrected chi connectivity index (χ1v) is 31.7. The molecule has 11 N–H and O–H groups in total. The summed E-state index contributed by atoms with van der Waals surface area (Å²) >= 11 is 0. The number of nitrogens with zero attached hydrogens (tertiary/aromatic N) is 7. The molecule has 3 aromatic heterocycles. The summed E-state index contributed by atoms with van der Waals surface area (Å²) in [7, 11) is 15.6. The third-order valence-corrected chi connectivity index (χ3v) is 15.5. The standard InChI is InChI=1S/C25H23N5O2.C20H23N5O3.C15H15N5O.C10H10O2.C5H9N.CH4.2ClH/c1-30(2)10-6-9-21-20-14-26-29-25(32)19-11-16(12-22(28-21)23(19)20)27-24(31)18-13-17(18)15-7-4-3-5-8-15;1-20(2,3)28-19(27)22-12-9-13-17-14(11-21-24-18(13)26)15(23-16(17)10-12)7-6-8-25(4)5;1-20(2)5-3-4-12-11-8-17-19-15(21)10-6-9(16)7-13(18-12)14(10)11;11-10(12)9-6-8(9)7-4-2-1-3-5-7;1-4-5-6(2)3;;;/h3-5,7-8,11-12,14,17-18,28H,10,13H2,1-2H3,(H,27,31)(H,29,32);9-11,23H,8H2,1-5H3,(H,22,27)(H,24,26);6-8,18H,5,16H2,1-2H3,(H,19,21);1-5,8-9H,6H2,(H,11,12);1H,5H2,2-3H3;1H4;2*1H/t17-,18+;;;8-,9+;;;;/m0..0..../s1. The first kappa shape index (κ1) is 79.8. The predicted octanol–water partition coefficient (Wildman–Crippen LogP) is 9.68. The molecule has 2 aliphatic carbocycles. The summed E-state index contributed by atoms with van der Waals surface area (Å²) in [5, 5.41) is 28.6. The van der Waals surface area contributed by atoms with Gasteiger partial charge in [0.2, 0.25) is 5.91 Å². The lowest BCUT2D eigenvalue weighted by molar-refractivity contribution is -0.138. The molecule has 0 unspecified atom stereocenters. The molecule has 5 amide bonds. The van der Waals surface area contributed by atoms with Gasteiger partial charge in [0.05, 0.1) is 84.5 Å². The number of H-pyrrole nitrogens is 3. The number of nitrogens with one attached hydrogen (secondary N) is 8. The molecule has 13 rings (SSSR count). The van der Waals surface area contributed by atoms with Crippen LogP contribution >= 0.6 is 24.8 Å². The van der Waals surface area contributed by atoms with Crippen LogP contribution in [0, 0.1) is 59.7 Å². The fourth-order valence-corrected chi connectivity index (χ4v) is 10.9. The number of nitrogen functional groups attached to an aromatic ring is 1. The maximum absolute atomic E-state index is 12.9. The second-order valence-corrected chi connectivity index (χ2v) is 26.0. The largest absolute Gasteiger partial charge is 0.481 e. The highest BCUT2D eigenvalue weighted by atomic mass is 35.5. The number of carboxylic acid groups (broad SMARTS) is 1. The molecule has 5 aromatic carbocycles. The molecule has 6 heterocycles. The maximum atomic E-state index is 12.9. The van der Waals surface area contributed by atoms with Crippen LogP contribution < -0.4 is 32.6 Å². The molecule has 24 nitrogen and oxygen atoms in total. The van der Waals surface area contributed by atoms with Crippen molar-refractivity contribution in [2.75, 3.05) is 98.9 Å². The van der Waals surface area contributed by atoms with E-state index in [-0.39, 0.29) is 79.5 Å². The zero-order chi connectivity index (χ0) is 71.2. The molecule has 0 saturated heterocycles. The van der Waals surface area contributed by atoms with Gasteiger partial charge in [0.25, 0.3) is 17.7 Å². The summed E-state index contributed by atoms with van der Waals surface area (Å²) < 4.78 is 5.28. The first-order valence-electron chi connectivity index (χ1n) is 31.7. The van der Waals surface area contributed by atoms with Gasteiger partial charge in [-0.1, -0.05) is 91.8 Å². The smallest absolute Gasteiger partial charge is 0.412 e. The van der Waals surface area contributed by atoms with E-state index in [1.807, 2.05) is 131 Å². The molecule has 26 heteroatoms. The molecule has 3 aliphatic heterocycles. The van der Waals surface area contributed by atoms with Crippen LogP contribution in [0.3, 0.4) is 0 Å². The van der Waals surface area contributed by atoms with Crippen molar-refractivity contribution >= 4 is 129 Å². The van der Waals surface area contributed by atoms with E-state index >= 15 is 0 Å². The Morgan fingerprint density at radius 2 is 0.922 bits per heavy atom. The third-order valence-electron chi connectivity index (χ3n) is 15.5. The molecular formula is C76H86Cl2N16O8. The minimum absolute atomic E-state index is 0. The van der Waals surface area contributed by atoms with Crippen LogP contribution in [0.25, 0.3) is 32.7 Å². The van der Waals surface area contributed by atoms with Crippen molar-refractivity contribution in [1.29, 1.82) is 0 Å². The second kappa shape index (κ2) is 35.7. The molecule has 5 aliphatic rings. The number of anilines is 3. The molecule has 0 bridgehead atoms. The number of nitrogens with two attached hydrogens (primary N) is 1. The molecule has 8 aromatic rings. The summed E-state index contributed by atoms with van der Waals surface area (Å²) in [5.41, 5.74) is 24.5. The van der Waals surface area contributed by atoms with E-state index in [0.717, 1.165) is 69.1 Å². The van der Waals surface area contributed by atoms with Gasteiger partial charge in [0, 0.05) is 72.4 Å². The van der Waals surface area contributed by atoms with Crippen molar-refractivity contribution in [3.8, 4) is 47.9 Å². The Hall–Kier alpha value is -11.2. The summed E-state index contributed by atoms with van der Waals surface area (Å²) in [6, 6.07) is 30.3. The highest BCUT2D eigenvalue weighted by molar-refractivity contribution is 6.19. The SMILES string of the molecule is C.C#CCN(C)C.CN(C)CC#Cc1[nH]c2cc(N)cc3c2c1C=NNC3=O.CN(C)CC#Cc1[nH]c2cc(NC(=O)OC(C)(C)C)cc3c2c1C=NNC3=O.CN(C)CC#Cc1[nH]c2cc(NC(=O)[C@@H]3C[C@H]3c3ccccc3)cc3c2c1C=NNC3=O.Cl.Cl.O=C(O)[C@@H]1C[C@H]1c1ccccc1. The van der Waals surface area contributed by atoms with Crippen molar-refractivity contribution in [2.24, 2.45) is 27.1 Å². The normalized spacial score (nSPS) is 15.7. The number of halogens is 2. The summed E-state index contributed by atoms with van der Waals surface area (Å²) in [6.07, 6.45) is 10.8. The number of carboxylic acids is 1. The first-order chi connectivity index (χ1) is 47.3. The number of carbonyl (C=O) groups excluding carboxylic acids is 5. The number of rotatable bonds is 10. The van der Waals surface area contributed by atoms with E-state index in [0.29, 0.717) is 75.7 Å². The zero-order valence-corrected chi connectivity index (χ0v) is 59.6. The summed E-state index contributed by atoms with van der Waals surface area (Å²) in [6.45, 7) is 7.94. The maximum Gasteiger partial charge on any atom is 0.412 e. The number of aliphatic carboxylic acids is 1. The van der Waals surface area contributed by atoms with Gasteiger partial charge in [0.1, 0.15) is 5.60 Å². The quantitative estimate of drug-likeness (QED) is 0.0451. The fourth-order valence-electron chi connectivity index (χ4n) is 10.9. The number of aromatic nitrogens is 3. The Kier molecular flexibility index (Phi) is 27.9. The number of hydrazone groups is 3. The Morgan fingerprint density at radius 1 is 0.559 bits per heavy atom. The number of hydrogen-bond acceptors (Lipinski definition) is 15. The van der Waals surface area contributed by atoms with Gasteiger partial charge in [-0.2, -0.15) is 15.3 Å². The lowest BCUT2D eigenvalue weighted by Gasteiger charge is -2.19. The number of carbonyl (C=O) groups is 6. The average Bonchev–Trinajstić information content (AvgIpc) is 1.62. The number of ether oxygens (including phenoxy) is 1. The number of aromatic amines is 3. The Balaban J connectivity index is 0.000000214. The van der Waals surface area contributed by atoms with Gasteiger partial charge in [-0.3, -0.25) is 48.9 Å². The number of amides is 5. The van der Waals surface area contributed by atoms with E-state index in [2.05, 4.69) is 111 Å². The molecule has 0 spiro atoms. The van der Waals surface area contributed by atoms with Crippen LogP contribution in [0.2, 0.25) is 0 Å². The second-order valence-electron chi connectivity index (χ2n) is 26.0. The molecule has 532 valence electrons. The van der Waals surface area contributed by atoms with E-state index in [1.54, 1.807) is 69.7 Å². The van der Waals surface area contributed by atoms with Crippen LogP contribution in [0.15, 0.2) is 112 Å². The highest BCUT2D eigenvalue weighted by Crippen LogP contribution is 2.49. The lowest BCUT2D eigenvalue weighted by atomic mass is 10.0. The minimum Gasteiger partial charge on any atom is -0.481 e. The minimum atomic E-state index is -0.663. The van der Waals surface area contributed by atoms with Gasteiger partial charge in [-0.25, -0.2) is 21.1 Å². The molecule has 102 heavy (non-hydrogen) atoms. The van der Waals surface area contributed by atoms with Gasteiger partial charge in [-0.05, 0) is 167 Å². The van der Waals surface area contributed by atoms with Crippen LogP contribution in [-0.2, 0) is 14.3 Å². The Morgan fingerprint density at radius 3 is 1.27 bits per heavy atom. The number of benzene rings is 5. The van der Waals surface area contributed by atoms with Crippen molar-refractivity contribution in [3.63, 3.8) is 0 Å². The fraction of sp³-hybridized carbons (Fsp3) is 0.303. The molecule has 4 atom stereocenters. The van der Waals surface area contributed by atoms with E-state index in [9.17, 15) is 28.8 Å². The van der Waals surface area contributed by atoms with Gasteiger partial charge >= 0.3 is 12.1 Å². The van der Waals surface area contributed by atoms with Crippen LogP contribution in [0.5, 0.6) is 0 Å². The highest BCUT2D eigenvalue weighted by Gasteiger charge is 2.45. The summed E-state index contributed by atoms with van der Waals surface area (Å²) in [5.74, 6) is 19.7. The van der Waals surface area contributed by atoms with Crippen molar-refractivity contribution in [1.82, 2.24) is 50.8 Å². The topological polar surface area (TPSA) is 315 Å². The summed E-state index contributed by atoms with van der Waals surface area (Å²) in [4.78, 5) is 90.2. The molecule has 0 radical (unpaired) electrons. The predicted molar refractivity (Wildman–Crippen MR) is 410 cm³/mol. The molecular weight excluding hydrogens is 1340 g/mol. The molecule has 2 saturated carbocycles. The van der Waals surface area contributed by atoms with Crippen molar-refractivity contribution in [3.05, 3.63) is 159 Å².